The average Bonchev–Trinajstić information content (AvgIpc) is 2.54. The number of aliphatic hydroxyl groups is 1. The SMILES string of the molecule is O=C(O)c1ccccc1CN1CC[C@@H](O)[C@@]2(CCCNC2=O)C1. The molecule has 0 aliphatic carbocycles. The van der Waals surface area contributed by atoms with Gasteiger partial charge in [-0.2, -0.15) is 0 Å². The van der Waals surface area contributed by atoms with Crippen molar-refractivity contribution >= 4 is 11.9 Å². The van der Waals surface area contributed by atoms with E-state index < -0.39 is 17.5 Å². The molecule has 2 aliphatic heterocycles. The van der Waals surface area contributed by atoms with Crippen LogP contribution in [0.1, 0.15) is 35.2 Å². The van der Waals surface area contributed by atoms with Gasteiger partial charge in [-0.25, -0.2) is 4.79 Å². The van der Waals surface area contributed by atoms with Crippen LogP contribution in [0.4, 0.5) is 0 Å². The van der Waals surface area contributed by atoms with Crippen molar-refractivity contribution in [2.24, 2.45) is 5.41 Å². The molecule has 1 aromatic carbocycles. The number of rotatable bonds is 3. The zero-order valence-electron chi connectivity index (χ0n) is 13.0. The molecule has 6 heteroatoms. The van der Waals surface area contributed by atoms with Crippen LogP contribution in [0.15, 0.2) is 24.3 Å². The second-order valence-corrected chi connectivity index (χ2v) is 6.49. The van der Waals surface area contributed by atoms with Gasteiger partial charge in [0.05, 0.1) is 17.1 Å². The summed E-state index contributed by atoms with van der Waals surface area (Å²) in [5, 5.41) is 22.6. The van der Waals surface area contributed by atoms with Crippen LogP contribution in [0.25, 0.3) is 0 Å². The number of carboxylic acids is 1. The van der Waals surface area contributed by atoms with Crippen LogP contribution in [-0.4, -0.2) is 52.7 Å². The number of benzene rings is 1. The minimum absolute atomic E-state index is 0.0764. The number of carbonyl (C=O) groups is 2. The number of amides is 1. The molecule has 2 aliphatic rings. The molecule has 0 bridgehead atoms. The molecule has 124 valence electrons. The Labute approximate surface area is 135 Å². The summed E-state index contributed by atoms with van der Waals surface area (Å²) in [5.74, 6) is -1.02. The second-order valence-electron chi connectivity index (χ2n) is 6.49. The smallest absolute Gasteiger partial charge is 0.336 e. The molecule has 2 fully saturated rings. The Balaban J connectivity index is 1.80. The maximum atomic E-state index is 12.4. The molecule has 1 spiro atoms. The highest BCUT2D eigenvalue weighted by Crippen LogP contribution is 2.37. The van der Waals surface area contributed by atoms with Gasteiger partial charge in [0.15, 0.2) is 0 Å². The largest absolute Gasteiger partial charge is 0.478 e. The number of likely N-dealkylation sites (tertiary alicyclic amines) is 1. The van der Waals surface area contributed by atoms with Crippen molar-refractivity contribution in [2.75, 3.05) is 19.6 Å². The lowest BCUT2D eigenvalue weighted by atomic mass is 9.71. The van der Waals surface area contributed by atoms with Crippen LogP contribution in [0.2, 0.25) is 0 Å². The topological polar surface area (TPSA) is 89.9 Å². The first-order chi connectivity index (χ1) is 11.0. The maximum absolute atomic E-state index is 12.4. The lowest BCUT2D eigenvalue weighted by Crippen LogP contribution is -2.61. The number of aliphatic hydroxyl groups excluding tert-OH is 1. The zero-order chi connectivity index (χ0) is 16.4. The molecule has 2 heterocycles. The van der Waals surface area contributed by atoms with Gasteiger partial charge in [-0.3, -0.25) is 9.69 Å². The minimum atomic E-state index is -0.942. The van der Waals surface area contributed by atoms with E-state index in [0.717, 1.165) is 12.0 Å². The first kappa shape index (κ1) is 16.0. The number of piperidine rings is 2. The van der Waals surface area contributed by atoms with E-state index in [4.69, 9.17) is 0 Å². The van der Waals surface area contributed by atoms with Gasteiger partial charge in [-0.05, 0) is 30.9 Å². The molecular formula is C17H22N2O4. The predicted molar refractivity (Wildman–Crippen MR) is 84.0 cm³/mol. The summed E-state index contributed by atoms with van der Waals surface area (Å²) in [5.41, 5.74) is 0.276. The Morgan fingerprint density at radius 2 is 2.17 bits per heavy atom. The summed E-state index contributed by atoms with van der Waals surface area (Å²) in [7, 11) is 0. The summed E-state index contributed by atoms with van der Waals surface area (Å²) in [6.07, 6.45) is 1.44. The van der Waals surface area contributed by atoms with E-state index in [1.54, 1.807) is 12.1 Å². The lowest BCUT2D eigenvalue weighted by Gasteiger charge is -2.47. The Morgan fingerprint density at radius 3 is 2.91 bits per heavy atom. The number of carboxylic acid groups (broad SMARTS) is 1. The monoisotopic (exact) mass is 318 g/mol. The van der Waals surface area contributed by atoms with Crippen LogP contribution in [-0.2, 0) is 11.3 Å². The minimum Gasteiger partial charge on any atom is -0.478 e. The van der Waals surface area contributed by atoms with Gasteiger partial charge < -0.3 is 15.5 Å². The number of hydrogen-bond acceptors (Lipinski definition) is 4. The van der Waals surface area contributed by atoms with Gasteiger partial charge in [0.2, 0.25) is 5.91 Å². The number of nitrogens with zero attached hydrogens (tertiary/aromatic N) is 1. The fraction of sp³-hybridized carbons (Fsp3) is 0.529. The van der Waals surface area contributed by atoms with Crippen molar-refractivity contribution < 1.29 is 19.8 Å². The highest BCUT2D eigenvalue weighted by atomic mass is 16.4. The number of hydrogen-bond donors (Lipinski definition) is 3. The normalized spacial score (nSPS) is 28.6. The van der Waals surface area contributed by atoms with E-state index in [1.165, 1.54) is 0 Å². The molecule has 1 amide bonds. The molecule has 0 aromatic heterocycles. The molecule has 2 atom stereocenters. The summed E-state index contributed by atoms with van der Waals surface area (Å²) < 4.78 is 0. The fourth-order valence-electron chi connectivity index (χ4n) is 3.77. The Bertz CT molecular complexity index is 618. The third-order valence-corrected chi connectivity index (χ3v) is 5.04. The van der Waals surface area contributed by atoms with E-state index in [-0.39, 0.29) is 5.91 Å². The number of nitrogens with one attached hydrogen (secondary N) is 1. The van der Waals surface area contributed by atoms with Gasteiger partial charge >= 0.3 is 5.97 Å². The van der Waals surface area contributed by atoms with Crippen LogP contribution in [0, 0.1) is 5.41 Å². The number of carbonyl (C=O) groups excluding carboxylic acids is 1. The molecule has 0 unspecified atom stereocenters. The van der Waals surface area contributed by atoms with Gasteiger partial charge in [0, 0.05) is 26.2 Å². The highest BCUT2D eigenvalue weighted by Gasteiger charge is 2.49. The molecule has 2 saturated heterocycles. The fourth-order valence-corrected chi connectivity index (χ4v) is 3.77. The van der Waals surface area contributed by atoms with Crippen molar-refractivity contribution in [3.05, 3.63) is 35.4 Å². The maximum Gasteiger partial charge on any atom is 0.336 e. The van der Waals surface area contributed by atoms with Crippen LogP contribution in [0.5, 0.6) is 0 Å². The van der Waals surface area contributed by atoms with Crippen LogP contribution in [0.3, 0.4) is 0 Å². The second kappa shape index (κ2) is 6.29. The molecule has 1 aromatic rings. The first-order valence-corrected chi connectivity index (χ1v) is 8.03. The van der Waals surface area contributed by atoms with Crippen molar-refractivity contribution in [3.8, 4) is 0 Å². The lowest BCUT2D eigenvalue weighted by molar-refractivity contribution is -0.149. The van der Waals surface area contributed by atoms with Crippen LogP contribution >= 0.6 is 0 Å². The zero-order valence-corrected chi connectivity index (χ0v) is 13.0. The highest BCUT2D eigenvalue weighted by molar-refractivity contribution is 5.89. The van der Waals surface area contributed by atoms with Gasteiger partial charge in [-0.15, -0.1) is 0 Å². The quantitative estimate of drug-likeness (QED) is 0.769. The third-order valence-electron chi connectivity index (χ3n) is 5.04. The molecule has 23 heavy (non-hydrogen) atoms. The molecule has 0 saturated carbocycles. The molecule has 3 N–H and O–H groups in total. The third kappa shape index (κ3) is 2.96. The summed E-state index contributed by atoms with van der Waals surface area (Å²) in [4.78, 5) is 25.8. The van der Waals surface area contributed by atoms with Crippen LogP contribution < -0.4 is 5.32 Å². The Hall–Kier alpha value is -1.92. The van der Waals surface area contributed by atoms with Gasteiger partial charge in [-0.1, -0.05) is 18.2 Å². The molecule has 6 nitrogen and oxygen atoms in total. The summed E-state index contributed by atoms with van der Waals surface area (Å²) in [6.45, 7) is 2.26. The average molecular weight is 318 g/mol. The van der Waals surface area contributed by atoms with Crippen molar-refractivity contribution in [3.63, 3.8) is 0 Å². The predicted octanol–water partition coefficient (Wildman–Crippen LogP) is 0.848. The van der Waals surface area contributed by atoms with E-state index in [0.29, 0.717) is 44.6 Å². The Kier molecular flexibility index (Phi) is 4.37. The van der Waals surface area contributed by atoms with E-state index >= 15 is 0 Å². The van der Waals surface area contributed by atoms with E-state index in [2.05, 4.69) is 10.2 Å². The standard InChI is InChI=1S/C17H22N2O4/c20-14-6-9-19(11-17(14)7-3-8-18-16(17)23)10-12-4-1-2-5-13(12)15(21)22/h1-2,4-5,14,20H,3,6-11H2,(H,18,23)(H,21,22)/t14-,17-/m1/s1. The van der Waals surface area contributed by atoms with Crippen molar-refractivity contribution in [1.82, 2.24) is 10.2 Å². The Morgan fingerprint density at radius 1 is 1.39 bits per heavy atom. The first-order valence-electron chi connectivity index (χ1n) is 8.03. The van der Waals surface area contributed by atoms with Gasteiger partial charge in [0.25, 0.3) is 0 Å². The van der Waals surface area contributed by atoms with E-state index in [9.17, 15) is 19.8 Å². The molecular weight excluding hydrogens is 296 g/mol. The van der Waals surface area contributed by atoms with E-state index in [1.807, 2.05) is 12.1 Å². The summed E-state index contributed by atoms with van der Waals surface area (Å²) in [6, 6.07) is 6.94. The van der Waals surface area contributed by atoms with Crippen molar-refractivity contribution in [1.29, 1.82) is 0 Å². The van der Waals surface area contributed by atoms with Crippen molar-refractivity contribution in [2.45, 2.75) is 31.9 Å². The summed E-state index contributed by atoms with van der Waals surface area (Å²) >= 11 is 0. The molecule has 0 radical (unpaired) electrons. The van der Waals surface area contributed by atoms with Gasteiger partial charge in [0.1, 0.15) is 0 Å². The number of aromatic carboxylic acids is 1. The molecule has 3 rings (SSSR count).